The Balaban J connectivity index is 1.56. The average Bonchev–Trinajstić information content (AvgIpc) is 2.99. The lowest BCUT2D eigenvalue weighted by Gasteiger charge is -2.34. The highest BCUT2D eigenvalue weighted by Gasteiger charge is 2.21. The second kappa shape index (κ2) is 8.54. The maximum Gasteiger partial charge on any atom is 0.317 e. The maximum atomic E-state index is 12.5. The molecule has 2 heterocycles. The maximum absolute atomic E-state index is 12.5. The van der Waals surface area contributed by atoms with Crippen molar-refractivity contribution < 1.29 is 4.79 Å². The summed E-state index contributed by atoms with van der Waals surface area (Å²) in [6.07, 6.45) is 4.95. The Morgan fingerprint density at radius 2 is 2.00 bits per heavy atom. The molecule has 2 aromatic rings. The summed E-state index contributed by atoms with van der Waals surface area (Å²) >= 11 is 0. The van der Waals surface area contributed by atoms with Crippen LogP contribution in [0.15, 0.2) is 24.3 Å². The molecule has 0 radical (unpaired) electrons. The number of aryl methyl sites for hydroxylation is 1. The van der Waals surface area contributed by atoms with Crippen molar-refractivity contribution in [2.24, 2.45) is 7.05 Å². The second-order valence-corrected chi connectivity index (χ2v) is 7.28. The summed E-state index contributed by atoms with van der Waals surface area (Å²) in [5, 5.41) is 3.11. The number of carbonyl (C=O) groups excluding carboxylic acids is 1. The number of amides is 2. The lowest BCUT2D eigenvalue weighted by Crippen LogP contribution is -2.48. The van der Waals surface area contributed by atoms with Gasteiger partial charge >= 0.3 is 6.03 Å². The molecule has 1 aromatic carbocycles. The molecule has 1 saturated heterocycles. The van der Waals surface area contributed by atoms with Crippen LogP contribution in [-0.4, -0.2) is 58.1 Å². The van der Waals surface area contributed by atoms with Gasteiger partial charge in [0, 0.05) is 26.7 Å². The Bertz CT molecular complexity index is 735. The monoisotopic (exact) mass is 357 g/mol. The molecule has 0 unspecified atom stereocenters. The lowest BCUT2D eigenvalue weighted by atomic mass is 10.1. The third-order valence-corrected chi connectivity index (χ3v) is 5.47. The molecule has 0 aliphatic carbocycles. The minimum absolute atomic E-state index is 0.0347. The van der Waals surface area contributed by atoms with Crippen LogP contribution in [0.25, 0.3) is 11.0 Å². The summed E-state index contributed by atoms with van der Waals surface area (Å²) in [7, 11) is 3.83. The molecule has 2 amide bonds. The number of nitrogens with one attached hydrogen (secondary N) is 1. The van der Waals surface area contributed by atoms with E-state index in [9.17, 15) is 4.79 Å². The summed E-state index contributed by atoms with van der Waals surface area (Å²) in [4.78, 5) is 21.4. The molecule has 6 heteroatoms. The van der Waals surface area contributed by atoms with Crippen molar-refractivity contribution in [1.82, 2.24) is 24.7 Å². The lowest BCUT2D eigenvalue weighted by molar-refractivity contribution is 0.152. The van der Waals surface area contributed by atoms with Gasteiger partial charge in [-0.15, -0.1) is 0 Å². The first-order valence-electron chi connectivity index (χ1n) is 9.73. The van der Waals surface area contributed by atoms with Gasteiger partial charge in [0.2, 0.25) is 0 Å². The highest BCUT2D eigenvalue weighted by Crippen LogP contribution is 2.16. The Labute approximate surface area is 156 Å². The molecular weight excluding hydrogens is 326 g/mol. The number of urea groups is 1. The number of nitrogens with zero attached hydrogens (tertiary/aromatic N) is 4. The number of carbonyl (C=O) groups is 1. The van der Waals surface area contributed by atoms with Crippen molar-refractivity contribution in [3.05, 3.63) is 30.1 Å². The number of benzene rings is 1. The Morgan fingerprint density at radius 3 is 2.69 bits per heavy atom. The van der Waals surface area contributed by atoms with Crippen LogP contribution >= 0.6 is 0 Å². The van der Waals surface area contributed by atoms with Gasteiger partial charge < -0.3 is 14.8 Å². The normalized spacial score (nSPS) is 16.6. The molecule has 0 saturated carbocycles. The van der Waals surface area contributed by atoms with Crippen LogP contribution in [0, 0.1) is 0 Å². The summed E-state index contributed by atoms with van der Waals surface area (Å²) in [6, 6.07) is 8.45. The van der Waals surface area contributed by atoms with Crippen LogP contribution in [0.1, 0.15) is 38.4 Å². The highest BCUT2D eigenvalue weighted by molar-refractivity contribution is 5.76. The van der Waals surface area contributed by atoms with E-state index in [1.807, 2.05) is 32.3 Å². The number of hydrogen-bond donors (Lipinski definition) is 1. The van der Waals surface area contributed by atoms with E-state index >= 15 is 0 Å². The fourth-order valence-electron chi connectivity index (χ4n) is 3.78. The molecule has 1 aliphatic rings. The Morgan fingerprint density at radius 1 is 1.27 bits per heavy atom. The van der Waals surface area contributed by atoms with Crippen molar-refractivity contribution in [3.63, 3.8) is 0 Å². The number of piperidine rings is 1. The van der Waals surface area contributed by atoms with Crippen LogP contribution in [0.5, 0.6) is 0 Å². The molecule has 0 bridgehead atoms. The van der Waals surface area contributed by atoms with E-state index in [-0.39, 0.29) is 6.03 Å². The summed E-state index contributed by atoms with van der Waals surface area (Å²) in [6.45, 7) is 5.72. The number of aromatic nitrogens is 2. The minimum Gasteiger partial charge on any atom is -0.336 e. The largest absolute Gasteiger partial charge is 0.336 e. The van der Waals surface area contributed by atoms with Crippen molar-refractivity contribution in [2.45, 2.75) is 45.2 Å². The second-order valence-electron chi connectivity index (χ2n) is 7.28. The quantitative estimate of drug-likeness (QED) is 0.865. The number of rotatable bonds is 6. The molecule has 1 fully saturated rings. The van der Waals surface area contributed by atoms with Gasteiger partial charge in [0.25, 0.3) is 0 Å². The van der Waals surface area contributed by atoms with Crippen LogP contribution in [0.2, 0.25) is 0 Å². The van der Waals surface area contributed by atoms with Gasteiger partial charge in [0.15, 0.2) is 0 Å². The van der Waals surface area contributed by atoms with Gasteiger partial charge in [-0.2, -0.15) is 0 Å². The van der Waals surface area contributed by atoms with Crippen LogP contribution in [0.3, 0.4) is 0 Å². The molecule has 26 heavy (non-hydrogen) atoms. The summed E-state index contributed by atoms with van der Waals surface area (Å²) in [5.74, 6) is 0.895. The molecule has 1 aromatic heterocycles. The van der Waals surface area contributed by atoms with Gasteiger partial charge in [-0.3, -0.25) is 4.90 Å². The van der Waals surface area contributed by atoms with Crippen molar-refractivity contribution in [3.8, 4) is 0 Å². The van der Waals surface area contributed by atoms with Crippen LogP contribution < -0.4 is 5.32 Å². The number of imidazole rings is 1. The van der Waals surface area contributed by atoms with E-state index in [0.717, 1.165) is 36.4 Å². The third kappa shape index (κ3) is 4.18. The van der Waals surface area contributed by atoms with Gasteiger partial charge in [-0.1, -0.05) is 25.5 Å². The van der Waals surface area contributed by atoms with Gasteiger partial charge in [-0.25, -0.2) is 9.78 Å². The average molecular weight is 358 g/mol. The van der Waals surface area contributed by atoms with Crippen molar-refractivity contribution in [1.29, 1.82) is 0 Å². The smallest absolute Gasteiger partial charge is 0.317 e. The zero-order chi connectivity index (χ0) is 18.5. The van der Waals surface area contributed by atoms with E-state index in [2.05, 4.69) is 32.8 Å². The van der Waals surface area contributed by atoms with Crippen molar-refractivity contribution in [2.75, 3.05) is 26.7 Å². The standard InChI is InChI=1S/C20H31N5O/c1-4-16(25-12-8-5-9-13-25)14-21-20(26)23(2)15-19-22-17-10-6-7-11-18(17)24(19)3/h6-7,10-11,16H,4-5,8-9,12-15H2,1-3H3,(H,21,26)/t16-/m1/s1. The predicted molar refractivity (Wildman–Crippen MR) is 105 cm³/mol. The summed E-state index contributed by atoms with van der Waals surface area (Å²) in [5.41, 5.74) is 2.06. The first kappa shape index (κ1) is 18.7. The minimum atomic E-state index is -0.0347. The topological polar surface area (TPSA) is 53.4 Å². The molecule has 142 valence electrons. The molecule has 6 nitrogen and oxygen atoms in total. The fourth-order valence-corrected chi connectivity index (χ4v) is 3.78. The third-order valence-electron chi connectivity index (χ3n) is 5.47. The van der Waals surface area contributed by atoms with Crippen LogP contribution in [-0.2, 0) is 13.6 Å². The zero-order valence-corrected chi connectivity index (χ0v) is 16.2. The zero-order valence-electron chi connectivity index (χ0n) is 16.2. The highest BCUT2D eigenvalue weighted by atomic mass is 16.2. The van der Waals surface area contributed by atoms with E-state index in [1.54, 1.807) is 4.90 Å². The first-order chi connectivity index (χ1) is 12.6. The molecule has 3 rings (SSSR count). The van der Waals surface area contributed by atoms with E-state index < -0.39 is 0 Å². The molecule has 1 atom stereocenters. The molecular formula is C20H31N5O. The number of hydrogen-bond acceptors (Lipinski definition) is 3. The molecule has 1 aliphatic heterocycles. The van der Waals surface area contributed by atoms with E-state index in [4.69, 9.17) is 0 Å². The Kier molecular flexibility index (Phi) is 6.14. The summed E-state index contributed by atoms with van der Waals surface area (Å²) < 4.78 is 2.06. The van der Waals surface area contributed by atoms with Gasteiger partial charge in [0.05, 0.1) is 17.6 Å². The molecule has 0 spiro atoms. The van der Waals surface area contributed by atoms with Gasteiger partial charge in [0.1, 0.15) is 5.82 Å². The van der Waals surface area contributed by atoms with Crippen molar-refractivity contribution >= 4 is 17.1 Å². The number of likely N-dealkylation sites (tertiary alicyclic amines) is 1. The number of para-hydroxylation sites is 2. The first-order valence-corrected chi connectivity index (χ1v) is 9.73. The predicted octanol–water partition coefficient (Wildman–Crippen LogP) is 2.98. The van der Waals surface area contributed by atoms with Crippen LogP contribution in [0.4, 0.5) is 4.79 Å². The van der Waals surface area contributed by atoms with E-state index in [0.29, 0.717) is 19.1 Å². The SMILES string of the molecule is CC[C@H](CNC(=O)N(C)Cc1nc2ccccc2n1C)N1CCCCC1. The fraction of sp³-hybridized carbons (Fsp3) is 0.600. The van der Waals surface area contributed by atoms with E-state index in [1.165, 1.54) is 19.3 Å². The Hall–Kier alpha value is -2.08. The molecule has 1 N–H and O–H groups in total. The van der Waals surface area contributed by atoms with Gasteiger partial charge in [-0.05, 0) is 44.5 Å². The number of fused-ring (bicyclic) bond motifs is 1.